The van der Waals surface area contributed by atoms with Crippen molar-refractivity contribution in [1.82, 2.24) is 9.80 Å². The zero-order valence-corrected chi connectivity index (χ0v) is 20.0. The smallest absolute Gasteiger partial charge is 0.253 e. The fraction of sp³-hybridized carbons (Fsp3) is 0.240. The minimum absolute atomic E-state index is 0.0405. The molecule has 1 aliphatic rings. The molecule has 172 valence electrons. The largest absolute Gasteiger partial charge is 0.487 e. The summed E-state index contributed by atoms with van der Waals surface area (Å²) in [6.07, 6.45) is 0. The topological polar surface area (TPSA) is 32.8 Å². The second-order valence-corrected chi connectivity index (χ2v) is 9.00. The summed E-state index contributed by atoms with van der Waals surface area (Å²) in [5.74, 6) is 0.146. The Balaban J connectivity index is 1.35. The maximum atomic E-state index is 14.1. The molecule has 1 amide bonds. The summed E-state index contributed by atoms with van der Waals surface area (Å²) >= 11 is 18.4. The highest BCUT2D eigenvalue weighted by molar-refractivity contribution is 6.42. The molecule has 8 heteroatoms. The Kier molecular flexibility index (Phi) is 7.76. The van der Waals surface area contributed by atoms with Crippen LogP contribution < -0.4 is 4.74 Å². The first-order valence-electron chi connectivity index (χ1n) is 10.5. The fourth-order valence-corrected chi connectivity index (χ4v) is 4.32. The van der Waals surface area contributed by atoms with Gasteiger partial charge in [-0.25, -0.2) is 4.39 Å². The van der Waals surface area contributed by atoms with Gasteiger partial charge in [0, 0.05) is 48.9 Å². The molecule has 3 aromatic carbocycles. The van der Waals surface area contributed by atoms with Crippen molar-refractivity contribution in [2.45, 2.75) is 13.2 Å². The summed E-state index contributed by atoms with van der Waals surface area (Å²) in [5, 5.41) is 1.21. The number of benzene rings is 3. The van der Waals surface area contributed by atoms with Crippen LogP contribution in [0.15, 0.2) is 60.7 Å². The maximum Gasteiger partial charge on any atom is 0.253 e. The minimum atomic E-state index is -0.306. The van der Waals surface area contributed by atoms with E-state index in [0.717, 1.165) is 5.56 Å². The molecule has 4 rings (SSSR count). The molecule has 0 aromatic heterocycles. The molecule has 1 aliphatic heterocycles. The normalized spacial score (nSPS) is 14.4. The molecule has 3 aromatic rings. The highest BCUT2D eigenvalue weighted by Crippen LogP contribution is 2.32. The number of hydrogen-bond donors (Lipinski definition) is 0. The summed E-state index contributed by atoms with van der Waals surface area (Å²) in [7, 11) is 0. The average molecular weight is 508 g/mol. The Labute approximate surface area is 207 Å². The first-order valence-corrected chi connectivity index (χ1v) is 11.7. The van der Waals surface area contributed by atoms with Crippen molar-refractivity contribution < 1.29 is 13.9 Å². The third kappa shape index (κ3) is 5.79. The van der Waals surface area contributed by atoms with Crippen molar-refractivity contribution in [3.63, 3.8) is 0 Å². The van der Waals surface area contributed by atoms with E-state index in [-0.39, 0.29) is 18.3 Å². The van der Waals surface area contributed by atoms with Crippen LogP contribution >= 0.6 is 34.8 Å². The molecule has 0 spiro atoms. The van der Waals surface area contributed by atoms with E-state index >= 15 is 0 Å². The van der Waals surface area contributed by atoms with E-state index in [2.05, 4.69) is 4.90 Å². The van der Waals surface area contributed by atoms with Crippen molar-refractivity contribution in [3.05, 3.63) is 98.2 Å². The van der Waals surface area contributed by atoms with Gasteiger partial charge < -0.3 is 9.64 Å². The first kappa shape index (κ1) is 23.8. The number of hydrogen-bond acceptors (Lipinski definition) is 3. The number of rotatable bonds is 6. The number of nitrogens with zero attached hydrogens (tertiary/aromatic N) is 2. The van der Waals surface area contributed by atoms with Crippen LogP contribution in [0.5, 0.6) is 5.75 Å². The van der Waals surface area contributed by atoms with Gasteiger partial charge in [0.2, 0.25) is 0 Å². The van der Waals surface area contributed by atoms with E-state index in [1.54, 1.807) is 36.4 Å². The van der Waals surface area contributed by atoms with Crippen molar-refractivity contribution in [1.29, 1.82) is 0 Å². The lowest BCUT2D eigenvalue weighted by Crippen LogP contribution is -2.48. The zero-order chi connectivity index (χ0) is 23.4. The summed E-state index contributed by atoms with van der Waals surface area (Å²) in [4.78, 5) is 17.0. The predicted molar refractivity (Wildman–Crippen MR) is 130 cm³/mol. The molecular formula is C25H22Cl3FN2O2. The monoisotopic (exact) mass is 506 g/mol. The van der Waals surface area contributed by atoms with Crippen LogP contribution in [0.1, 0.15) is 21.5 Å². The Morgan fingerprint density at radius 2 is 1.61 bits per heavy atom. The van der Waals surface area contributed by atoms with E-state index < -0.39 is 0 Å². The molecule has 0 bridgehead atoms. The van der Waals surface area contributed by atoms with E-state index in [1.165, 1.54) is 6.07 Å². The van der Waals surface area contributed by atoms with Gasteiger partial charge in [0.25, 0.3) is 5.91 Å². The Morgan fingerprint density at radius 1 is 0.909 bits per heavy atom. The third-order valence-corrected chi connectivity index (χ3v) is 6.74. The molecular weight excluding hydrogens is 486 g/mol. The van der Waals surface area contributed by atoms with Gasteiger partial charge in [-0.1, -0.05) is 59.1 Å². The van der Waals surface area contributed by atoms with E-state index in [0.29, 0.717) is 64.7 Å². The molecule has 1 fully saturated rings. The summed E-state index contributed by atoms with van der Waals surface area (Å²) in [5.41, 5.74) is 1.94. The first-order chi connectivity index (χ1) is 15.9. The highest BCUT2D eigenvalue weighted by atomic mass is 35.5. The summed E-state index contributed by atoms with van der Waals surface area (Å²) in [6.45, 7) is 3.09. The standard InChI is InChI=1S/C25H22Cl3FN2O2/c26-20-6-2-8-22(29)19(20)15-30-10-12-31(13-11-30)25(32)18-5-1-4-17(14-18)16-33-23-9-3-7-21(27)24(23)28/h1-9,14H,10-13,15-16H2. The van der Waals surface area contributed by atoms with Gasteiger partial charge in [0.05, 0.1) is 5.02 Å². The molecule has 0 unspecified atom stereocenters. The summed E-state index contributed by atoms with van der Waals surface area (Å²) in [6, 6.07) is 17.3. The minimum Gasteiger partial charge on any atom is -0.487 e. The van der Waals surface area contributed by atoms with Crippen LogP contribution in [0.2, 0.25) is 15.1 Å². The quantitative estimate of drug-likeness (QED) is 0.391. The van der Waals surface area contributed by atoms with Crippen LogP contribution in [-0.2, 0) is 13.2 Å². The lowest BCUT2D eigenvalue weighted by Gasteiger charge is -2.35. The van der Waals surface area contributed by atoms with Gasteiger partial charge in [-0.2, -0.15) is 0 Å². The number of carbonyl (C=O) groups excluding carboxylic acids is 1. The maximum absolute atomic E-state index is 14.1. The van der Waals surface area contributed by atoms with Crippen LogP contribution in [0.25, 0.3) is 0 Å². The van der Waals surface area contributed by atoms with Crippen molar-refractivity contribution >= 4 is 40.7 Å². The Morgan fingerprint density at radius 3 is 2.36 bits per heavy atom. The molecule has 33 heavy (non-hydrogen) atoms. The molecule has 0 aliphatic carbocycles. The zero-order valence-electron chi connectivity index (χ0n) is 17.7. The molecule has 1 saturated heterocycles. The molecule has 0 atom stereocenters. The molecule has 4 nitrogen and oxygen atoms in total. The van der Waals surface area contributed by atoms with Gasteiger partial charge in [-0.15, -0.1) is 0 Å². The SMILES string of the molecule is O=C(c1cccc(COc2cccc(Cl)c2Cl)c1)N1CCN(Cc2c(F)cccc2Cl)CC1. The fourth-order valence-electron chi connectivity index (χ4n) is 3.75. The molecule has 1 heterocycles. The Bertz CT molecular complexity index is 1130. The highest BCUT2D eigenvalue weighted by Gasteiger charge is 2.23. The van der Waals surface area contributed by atoms with Crippen molar-refractivity contribution in [2.75, 3.05) is 26.2 Å². The molecule has 0 saturated carbocycles. The van der Waals surface area contributed by atoms with Gasteiger partial charge in [0.1, 0.15) is 23.2 Å². The van der Waals surface area contributed by atoms with E-state index in [9.17, 15) is 9.18 Å². The van der Waals surface area contributed by atoms with E-state index in [1.807, 2.05) is 23.1 Å². The van der Waals surface area contributed by atoms with Crippen LogP contribution in [-0.4, -0.2) is 41.9 Å². The third-order valence-electron chi connectivity index (χ3n) is 5.59. The second-order valence-electron chi connectivity index (χ2n) is 7.81. The van der Waals surface area contributed by atoms with Crippen molar-refractivity contribution in [3.8, 4) is 5.75 Å². The lowest BCUT2D eigenvalue weighted by atomic mass is 10.1. The van der Waals surface area contributed by atoms with Gasteiger partial charge in [-0.3, -0.25) is 9.69 Å². The second kappa shape index (κ2) is 10.7. The van der Waals surface area contributed by atoms with Gasteiger partial charge >= 0.3 is 0 Å². The Hall–Kier alpha value is -2.31. The molecule has 0 N–H and O–H groups in total. The molecule has 0 radical (unpaired) electrons. The average Bonchev–Trinajstić information content (AvgIpc) is 2.82. The van der Waals surface area contributed by atoms with Gasteiger partial charge in [0.15, 0.2) is 0 Å². The predicted octanol–water partition coefficient (Wildman–Crippen LogP) is 6.32. The number of carbonyl (C=O) groups is 1. The van der Waals surface area contributed by atoms with Crippen LogP contribution in [0.3, 0.4) is 0 Å². The van der Waals surface area contributed by atoms with Crippen LogP contribution in [0, 0.1) is 5.82 Å². The van der Waals surface area contributed by atoms with Crippen molar-refractivity contribution in [2.24, 2.45) is 0 Å². The van der Waals surface area contributed by atoms with Gasteiger partial charge in [-0.05, 0) is 42.0 Å². The summed E-state index contributed by atoms with van der Waals surface area (Å²) < 4.78 is 19.9. The number of ether oxygens (including phenoxy) is 1. The number of amides is 1. The van der Waals surface area contributed by atoms with Crippen LogP contribution in [0.4, 0.5) is 4.39 Å². The number of piperazine rings is 1. The lowest BCUT2D eigenvalue weighted by molar-refractivity contribution is 0.0627. The number of halogens is 4. The van der Waals surface area contributed by atoms with E-state index in [4.69, 9.17) is 39.5 Å².